The van der Waals surface area contributed by atoms with Gasteiger partial charge in [0, 0.05) is 13.2 Å². The predicted molar refractivity (Wildman–Crippen MR) is 80.8 cm³/mol. The molecule has 0 radical (unpaired) electrons. The molecule has 0 unspecified atom stereocenters. The number of hydrogen-bond donors (Lipinski definition) is 2. The molecule has 5 nitrogen and oxygen atoms in total. The largest absolute Gasteiger partial charge is 0.372 e. The first-order valence-electron chi connectivity index (χ1n) is 5.86. The van der Waals surface area contributed by atoms with E-state index in [1.807, 2.05) is 19.1 Å². The van der Waals surface area contributed by atoms with Crippen molar-refractivity contribution in [3.8, 4) is 0 Å². The van der Waals surface area contributed by atoms with Gasteiger partial charge in [-0.1, -0.05) is 29.8 Å². The summed E-state index contributed by atoms with van der Waals surface area (Å²) in [7, 11) is -2.05. The summed E-state index contributed by atoms with van der Waals surface area (Å²) in [5.74, 6) is 0.432. The first kappa shape index (κ1) is 14.6. The highest BCUT2D eigenvalue weighted by atomic mass is 35.5. The van der Waals surface area contributed by atoms with E-state index in [0.717, 1.165) is 5.56 Å². The number of para-hydroxylation sites is 1. The van der Waals surface area contributed by atoms with Crippen LogP contribution in [0.4, 0.5) is 11.5 Å². The summed E-state index contributed by atoms with van der Waals surface area (Å²) in [6, 6.07) is 8.49. The predicted octanol–water partition coefficient (Wildman–Crippen LogP) is 2.89. The summed E-state index contributed by atoms with van der Waals surface area (Å²) in [5, 5.41) is 3.02. The van der Waals surface area contributed by atoms with Crippen molar-refractivity contribution < 1.29 is 8.42 Å². The summed E-state index contributed by atoms with van der Waals surface area (Å²) in [4.78, 5) is 3.98. The molecular weight excluding hydrogens is 298 g/mol. The topological polar surface area (TPSA) is 71.1 Å². The number of nitrogens with one attached hydrogen (secondary N) is 2. The number of halogens is 1. The molecule has 1 aromatic heterocycles. The fraction of sp³-hybridized carbons (Fsp3) is 0.154. The lowest BCUT2D eigenvalue weighted by molar-refractivity contribution is 0.601. The van der Waals surface area contributed by atoms with Gasteiger partial charge in [-0.05, 0) is 24.6 Å². The van der Waals surface area contributed by atoms with E-state index in [1.54, 1.807) is 19.2 Å². The highest BCUT2D eigenvalue weighted by molar-refractivity contribution is 7.92. The molecule has 0 spiro atoms. The first-order chi connectivity index (χ1) is 9.44. The van der Waals surface area contributed by atoms with Crippen molar-refractivity contribution >= 4 is 33.1 Å². The molecule has 2 N–H and O–H groups in total. The lowest BCUT2D eigenvalue weighted by atomic mass is 10.2. The molecule has 0 saturated heterocycles. The quantitative estimate of drug-likeness (QED) is 0.911. The molecular formula is C13H14ClN3O2S. The molecule has 2 aromatic rings. The van der Waals surface area contributed by atoms with Crippen molar-refractivity contribution in [2.24, 2.45) is 0 Å². The molecule has 1 heterocycles. The number of pyridine rings is 1. The van der Waals surface area contributed by atoms with Gasteiger partial charge in [0.25, 0.3) is 10.0 Å². The van der Waals surface area contributed by atoms with E-state index in [-0.39, 0.29) is 9.92 Å². The highest BCUT2D eigenvalue weighted by Crippen LogP contribution is 2.24. The third-order valence-electron chi connectivity index (χ3n) is 2.75. The number of hydrogen-bond acceptors (Lipinski definition) is 4. The van der Waals surface area contributed by atoms with Crippen LogP contribution < -0.4 is 10.0 Å². The molecule has 106 valence electrons. The van der Waals surface area contributed by atoms with Gasteiger partial charge < -0.3 is 5.32 Å². The summed E-state index contributed by atoms with van der Waals surface area (Å²) >= 11 is 5.95. The molecule has 0 aliphatic heterocycles. The maximum absolute atomic E-state index is 12.3. The lowest BCUT2D eigenvalue weighted by Crippen LogP contribution is -2.14. The van der Waals surface area contributed by atoms with Crippen LogP contribution in [-0.4, -0.2) is 20.4 Å². The second kappa shape index (κ2) is 5.68. The van der Waals surface area contributed by atoms with Gasteiger partial charge in [0.1, 0.15) is 10.7 Å². The van der Waals surface area contributed by atoms with Gasteiger partial charge in [0.15, 0.2) is 0 Å². The van der Waals surface area contributed by atoms with E-state index in [1.165, 1.54) is 12.3 Å². The van der Waals surface area contributed by atoms with Crippen molar-refractivity contribution in [2.45, 2.75) is 11.8 Å². The third-order valence-corrected chi connectivity index (χ3v) is 4.37. The Balaban J connectivity index is 2.36. The van der Waals surface area contributed by atoms with Crippen LogP contribution >= 0.6 is 11.6 Å². The average Bonchev–Trinajstić information content (AvgIpc) is 2.41. The van der Waals surface area contributed by atoms with E-state index in [4.69, 9.17) is 11.6 Å². The number of aromatic nitrogens is 1. The molecule has 20 heavy (non-hydrogen) atoms. The van der Waals surface area contributed by atoms with Crippen LogP contribution in [0.3, 0.4) is 0 Å². The highest BCUT2D eigenvalue weighted by Gasteiger charge is 2.17. The van der Waals surface area contributed by atoms with Crippen LogP contribution in [0.1, 0.15) is 5.56 Å². The van der Waals surface area contributed by atoms with Crippen LogP contribution in [0, 0.1) is 6.92 Å². The second-order valence-electron chi connectivity index (χ2n) is 4.17. The van der Waals surface area contributed by atoms with Gasteiger partial charge in [-0.2, -0.15) is 0 Å². The molecule has 0 aliphatic rings. The van der Waals surface area contributed by atoms with Crippen LogP contribution in [0.25, 0.3) is 0 Å². The molecule has 2 rings (SSSR count). The van der Waals surface area contributed by atoms with E-state index >= 15 is 0 Å². The molecule has 0 bridgehead atoms. The minimum absolute atomic E-state index is 0.0183. The van der Waals surface area contributed by atoms with Crippen molar-refractivity contribution in [1.29, 1.82) is 0 Å². The number of rotatable bonds is 4. The SMILES string of the molecule is CNc1ncc(S(=O)(=O)Nc2ccccc2C)cc1Cl. The van der Waals surface area contributed by atoms with Gasteiger partial charge in [-0.25, -0.2) is 13.4 Å². The Bertz CT molecular complexity index is 732. The Morgan fingerprint density at radius 1 is 1.25 bits per heavy atom. The smallest absolute Gasteiger partial charge is 0.263 e. The van der Waals surface area contributed by atoms with Crippen molar-refractivity contribution in [1.82, 2.24) is 4.98 Å². The summed E-state index contributed by atoms with van der Waals surface area (Å²) in [5.41, 5.74) is 1.36. The van der Waals surface area contributed by atoms with Crippen molar-refractivity contribution in [3.05, 3.63) is 47.1 Å². The van der Waals surface area contributed by atoms with E-state index in [0.29, 0.717) is 11.5 Å². The van der Waals surface area contributed by atoms with Crippen LogP contribution in [0.15, 0.2) is 41.4 Å². The van der Waals surface area contributed by atoms with Crippen LogP contribution in [0.2, 0.25) is 5.02 Å². The van der Waals surface area contributed by atoms with E-state index in [9.17, 15) is 8.42 Å². The standard InChI is InChI=1S/C13H14ClN3O2S/c1-9-5-3-4-6-12(9)17-20(18,19)10-7-11(14)13(15-2)16-8-10/h3-8,17H,1-2H3,(H,15,16). The zero-order valence-electron chi connectivity index (χ0n) is 11.0. The third kappa shape index (κ3) is 3.02. The Morgan fingerprint density at radius 2 is 1.95 bits per heavy atom. The molecule has 0 amide bonds. The molecule has 7 heteroatoms. The number of nitrogens with zero attached hydrogens (tertiary/aromatic N) is 1. The average molecular weight is 312 g/mol. The molecule has 0 aliphatic carbocycles. The second-order valence-corrected chi connectivity index (χ2v) is 6.26. The normalized spacial score (nSPS) is 11.2. The van der Waals surface area contributed by atoms with Crippen molar-refractivity contribution in [3.63, 3.8) is 0 Å². The summed E-state index contributed by atoms with van der Waals surface area (Å²) < 4.78 is 27.1. The maximum atomic E-state index is 12.3. The Morgan fingerprint density at radius 3 is 2.55 bits per heavy atom. The van der Waals surface area contributed by atoms with Crippen molar-refractivity contribution in [2.75, 3.05) is 17.1 Å². The van der Waals surface area contributed by atoms with Gasteiger partial charge in [0.05, 0.1) is 10.7 Å². The number of sulfonamides is 1. The van der Waals surface area contributed by atoms with Gasteiger partial charge in [-0.15, -0.1) is 0 Å². The minimum Gasteiger partial charge on any atom is -0.372 e. The number of benzene rings is 1. The Labute approximate surface area is 123 Å². The van der Waals surface area contributed by atoms with E-state index in [2.05, 4.69) is 15.0 Å². The Kier molecular flexibility index (Phi) is 4.15. The minimum atomic E-state index is -3.71. The molecule has 1 aromatic carbocycles. The molecule has 0 atom stereocenters. The molecule has 0 saturated carbocycles. The number of aryl methyl sites for hydroxylation is 1. The zero-order chi connectivity index (χ0) is 14.8. The van der Waals surface area contributed by atoms with Gasteiger partial charge in [0.2, 0.25) is 0 Å². The monoisotopic (exact) mass is 311 g/mol. The summed E-state index contributed by atoms with van der Waals surface area (Å²) in [6.45, 7) is 1.83. The fourth-order valence-electron chi connectivity index (χ4n) is 1.64. The van der Waals surface area contributed by atoms with Crippen LogP contribution in [-0.2, 0) is 10.0 Å². The first-order valence-corrected chi connectivity index (χ1v) is 7.72. The van der Waals surface area contributed by atoms with Crippen LogP contribution in [0.5, 0.6) is 0 Å². The Hall–Kier alpha value is -1.79. The maximum Gasteiger partial charge on any atom is 0.263 e. The summed E-state index contributed by atoms with van der Waals surface area (Å²) in [6.07, 6.45) is 1.26. The molecule has 0 fully saturated rings. The van der Waals surface area contributed by atoms with Gasteiger partial charge in [-0.3, -0.25) is 4.72 Å². The van der Waals surface area contributed by atoms with E-state index < -0.39 is 10.0 Å². The lowest BCUT2D eigenvalue weighted by Gasteiger charge is -2.11. The number of anilines is 2. The fourth-order valence-corrected chi connectivity index (χ4v) is 3.07. The van der Waals surface area contributed by atoms with Gasteiger partial charge >= 0.3 is 0 Å². The zero-order valence-corrected chi connectivity index (χ0v) is 12.6.